The predicted molar refractivity (Wildman–Crippen MR) is 117 cm³/mol. The summed E-state index contributed by atoms with van der Waals surface area (Å²) in [4.78, 5) is 27.9. The Bertz CT molecular complexity index is 671. The Kier molecular flexibility index (Phi) is 7.98. The molecule has 0 bridgehead atoms. The van der Waals surface area contributed by atoms with Crippen molar-refractivity contribution >= 4 is 23.6 Å². The summed E-state index contributed by atoms with van der Waals surface area (Å²) in [6.07, 6.45) is 1.36. The van der Waals surface area contributed by atoms with Crippen molar-refractivity contribution in [3.63, 3.8) is 0 Å². The smallest absolute Gasteiger partial charge is 0.242 e. The normalized spacial score (nSPS) is 23.7. The highest BCUT2D eigenvalue weighted by Gasteiger charge is 2.41. The van der Waals surface area contributed by atoms with Gasteiger partial charge in [-0.2, -0.15) is 11.8 Å². The largest absolute Gasteiger partial charge is 0.379 e. The summed E-state index contributed by atoms with van der Waals surface area (Å²) in [5.74, 6) is 1.96. The van der Waals surface area contributed by atoms with E-state index >= 15 is 0 Å². The van der Waals surface area contributed by atoms with E-state index in [1.54, 1.807) is 0 Å². The minimum absolute atomic E-state index is 0.000314. The van der Waals surface area contributed by atoms with Crippen LogP contribution in [0.5, 0.6) is 0 Å². The van der Waals surface area contributed by atoms with Crippen molar-refractivity contribution < 1.29 is 14.3 Å². The third-order valence-electron chi connectivity index (χ3n) is 5.83. The van der Waals surface area contributed by atoms with Gasteiger partial charge in [0.2, 0.25) is 11.8 Å². The molecule has 2 N–H and O–H groups in total. The summed E-state index contributed by atoms with van der Waals surface area (Å²) in [6, 6.07) is 9.08. The van der Waals surface area contributed by atoms with Crippen LogP contribution in [0.25, 0.3) is 0 Å². The van der Waals surface area contributed by atoms with Gasteiger partial charge in [0, 0.05) is 30.9 Å². The number of morpholine rings is 1. The molecular weight excluding hydrogens is 386 g/mol. The predicted octanol–water partition coefficient (Wildman–Crippen LogP) is 1.69. The van der Waals surface area contributed by atoms with Crippen molar-refractivity contribution in [2.24, 2.45) is 5.92 Å². The number of rotatable bonds is 8. The van der Waals surface area contributed by atoms with Crippen LogP contribution in [-0.4, -0.2) is 72.6 Å². The second kappa shape index (κ2) is 10.5. The molecule has 29 heavy (non-hydrogen) atoms. The second-order valence-electron chi connectivity index (χ2n) is 8.30. The first kappa shape index (κ1) is 22.1. The van der Waals surface area contributed by atoms with Crippen LogP contribution in [0, 0.1) is 5.92 Å². The molecule has 7 heteroatoms. The molecule has 2 unspecified atom stereocenters. The van der Waals surface area contributed by atoms with Crippen molar-refractivity contribution in [3.8, 4) is 0 Å². The first-order valence-corrected chi connectivity index (χ1v) is 11.7. The summed E-state index contributed by atoms with van der Waals surface area (Å²) in [5, 5.41) is 6.11. The molecule has 3 rings (SSSR count). The third-order valence-corrected chi connectivity index (χ3v) is 7.06. The maximum atomic E-state index is 13.0. The number of carbonyl (C=O) groups is 2. The number of nitrogens with one attached hydrogen (secondary N) is 2. The van der Waals surface area contributed by atoms with Gasteiger partial charge < -0.3 is 15.4 Å². The highest BCUT2D eigenvalue weighted by atomic mass is 32.2. The number of nitrogens with zero attached hydrogens (tertiary/aromatic N) is 1. The SMILES string of the molecule is CC(C)C(NC(=O)Cc1ccccc1)C(=O)NCC1(N2CCOCC2)CCSC1. The molecule has 1 aromatic rings. The zero-order chi connectivity index (χ0) is 20.7. The number of amides is 2. The van der Waals surface area contributed by atoms with Gasteiger partial charge >= 0.3 is 0 Å². The van der Waals surface area contributed by atoms with E-state index < -0.39 is 6.04 Å². The summed E-state index contributed by atoms with van der Waals surface area (Å²) in [6.45, 7) is 7.90. The van der Waals surface area contributed by atoms with Crippen molar-refractivity contribution in [1.29, 1.82) is 0 Å². The molecule has 2 aliphatic heterocycles. The zero-order valence-corrected chi connectivity index (χ0v) is 18.3. The number of hydrogen-bond donors (Lipinski definition) is 2. The van der Waals surface area contributed by atoms with Crippen LogP contribution in [0.2, 0.25) is 0 Å². The molecule has 2 heterocycles. The fourth-order valence-corrected chi connectivity index (χ4v) is 5.51. The average molecular weight is 420 g/mol. The summed E-state index contributed by atoms with van der Waals surface area (Å²) >= 11 is 1.95. The van der Waals surface area contributed by atoms with E-state index in [-0.39, 0.29) is 29.7 Å². The number of benzene rings is 1. The van der Waals surface area contributed by atoms with Gasteiger partial charge in [0.25, 0.3) is 0 Å². The fourth-order valence-electron chi connectivity index (χ4n) is 4.04. The number of ether oxygens (including phenoxy) is 1. The van der Waals surface area contributed by atoms with Crippen LogP contribution in [0.3, 0.4) is 0 Å². The molecule has 0 aromatic heterocycles. The van der Waals surface area contributed by atoms with Gasteiger partial charge in [-0.15, -0.1) is 0 Å². The maximum absolute atomic E-state index is 13.0. The van der Waals surface area contributed by atoms with Crippen molar-refractivity contribution in [2.45, 2.75) is 38.3 Å². The van der Waals surface area contributed by atoms with Crippen LogP contribution in [0.15, 0.2) is 30.3 Å². The van der Waals surface area contributed by atoms with Gasteiger partial charge in [-0.25, -0.2) is 0 Å². The molecule has 160 valence electrons. The standard InChI is InChI=1S/C22H33N3O3S/c1-17(2)20(24-19(26)14-18-6-4-3-5-7-18)21(27)23-15-22(8-13-29-16-22)25-9-11-28-12-10-25/h3-7,17,20H,8-16H2,1-2H3,(H,23,27)(H,24,26). The molecule has 0 spiro atoms. The lowest BCUT2D eigenvalue weighted by molar-refractivity contribution is -0.130. The van der Waals surface area contributed by atoms with E-state index in [0.29, 0.717) is 6.54 Å². The molecule has 2 fully saturated rings. The maximum Gasteiger partial charge on any atom is 0.242 e. The van der Waals surface area contributed by atoms with Crippen LogP contribution >= 0.6 is 11.8 Å². The highest BCUT2D eigenvalue weighted by Crippen LogP contribution is 2.33. The molecule has 0 aliphatic carbocycles. The Morgan fingerprint density at radius 1 is 1.21 bits per heavy atom. The molecule has 0 saturated carbocycles. The van der Waals surface area contributed by atoms with E-state index in [2.05, 4.69) is 15.5 Å². The second-order valence-corrected chi connectivity index (χ2v) is 9.40. The van der Waals surface area contributed by atoms with Crippen molar-refractivity contribution in [3.05, 3.63) is 35.9 Å². The van der Waals surface area contributed by atoms with E-state index in [1.807, 2.05) is 55.9 Å². The average Bonchev–Trinajstić information content (AvgIpc) is 3.22. The van der Waals surface area contributed by atoms with Gasteiger partial charge in [0.05, 0.1) is 19.6 Å². The van der Waals surface area contributed by atoms with E-state index in [0.717, 1.165) is 49.8 Å². The van der Waals surface area contributed by atoms with Gasteiger partial charge in [-0.05, 0) is 23.7 Å². The quantitative estimate of drug-likeness (QED) is 0.671. The lowest BCUT2D eigenvalue weighted by Crippen LogP contribution is -2.61. The lowest BCUT2D eigenvalue weighted by Gasteiger charge is -2.43. The summed E-state index contributed by atoms with van der Waals surface area (Å²) < 4.78 is 5.51. The molecule has 0 radical (unpaired) electrons. The Morgan fingerprint density at radius 3 is 2.55 bits per heavy atom. The Morgan fingerprint density at radius 2 is 1.93 bits per heavy atom. The first-order valence-electron chi connectivity index (χ1n) is 10.5. The van der Waals surface area contributed by atoms with Crippen LogP contribution in [-0.2, 0) is 20.7 Å². The zero-order valence-electron chi connectivity index (χ0n) is 17.5. The number of hydrogen-bond acceptors (Lipinski definition) is 5. The minimum atomic E-state index is -0.526. The highest BCUT2D eigenvalue weighted by molar-refractivity contribution is 7.99. The molecule has 1 aromatic carbocycles. The van der Waals surface area contributed by atoms with Crippen molar-refractivity contribution in [1.82, 2.24) is 15.5 Å². The van der Waals surface area contributed by atoms with Crippen molar-refractivity contribution in [2.75, 3.05) is 44.4 Å². The molecular formula is C22H33N3O3S. The van der Waals surface area contributed by atoms with Crippen LogP contribution < -0.4 is 10.6 Å². The van der Waals surface area contributed by atoms with E-state index in [4.69, 9.17) is 4.74 Å². The molecule has 2 atom stereocenters. The van der Waals surface area contributed by atoms with Gasteiger partial charge in [0.1, 0.15) is 6.04 Å². The van der Waals surface area contributed by atoms with Gasteiger partial charge in [0.15, 0.2) is 0 Å². The van der Waals surface area contributed by atoms with E-state index in [1.165, 1.54) is 0 Å². The Labute approximate surface area is 178 Å². The van der Waals surface area contributed by atoms with Gasteiger partial charge in [-0.3, -0.25) is 14.5 Å². The molecule has 2 saturated heterocycles. The lowest BCUT2D eigenvalue weighted by atomic mass is 9.94. The number of thioether (sulfide) groups is 1. The Hall–Kier alpha value is -1.57. The Balaban J connectivity index is 1.57. The molecule has 2 amide bonds. The van der Waals surface area contributed by atoms with E-state index in [9.17, 15) is 9.59 Å². The summed E-state index contributed by atoms with van der Waals surface area (Å²) in [5.41, 5.74) is 0.946. The van der Waals surface area contributed by atoms with Crippen LogP contribution in [0.4, 0.5) is 0 Å². The minimum Gasteiger partial charge on any atom is -0.379 e. The fraction of sp³-hybridized carbons (Fsp3) is 0.636. The first-order chi connectivity index (χ1) is 14.0. The van der Waals surface area contributed by atoms with Gasteiger partial charge in [-0.1, -0.05) is 44.2 Å². The third kappa shape index (κ3) is 5.96. The summed E-state index contributed by atoms with van der Waals surface area (Å²) in [7, 11) is 0. The topological polar surface area (TPSA) is 70.7 Å². The van der Waals surface area contributed by atoms with Crippen LogP contribution in [0.1, 0.15) is 25.8 Å². The molecule has 6 nitrogen and oxygen atoms in total. The monoisotopic (exact) mass is 419 g/mol. The molecule has 2 aliphatic rings. The number of carbonyl (C=O) groups excluding carboxylic acids is 2.